The van der Waals surface area contributed by atoms with Gasteiger partial charge in [0.1, 0.15) is 13.2 Å². The first-order valence-corrected chi connectivity index (χ1v) is 31.6. The zero-order valence-corrected chi connectivity index (χ0v) is 48.3. The molecule has 1 unspecified atom stereocenters. The molecule has 0 heterocycles. The number of unbranched alkanes of at least 4 members (excludes halogenated alkanes) is 39. The third-order valence-corrected chi connectivity index (χ3v) is 15.0. The van der Waals surface area contributed by atoms with Gasteiger partial charge < -0.3 is 14.2 Å². The molecule has 0 fully saturated rings. The molecule has 70 heavy (non-hydrogen) atoms. The smallest absolute Gasteiger partial charge is 0.306 e. The molecule has 0 bridgehead atoms. The summed E-state index contributed by atoms with van der Waals surface area (Å²) in [4.78, 5) is 38.3. The summed E-state index contributed by atoms with van der Waals surface area (Å²) in [7, 11) is 0. The van der Waals surface area contributed by atoms with Crippen molar-refractivity contribution in [2.75, 3.05) is 13.2 Å². The molecule has 0 aromatic carbocycles. The first kappa shape index (κ1) is 68.4. The van der Waals surface area contributed by atoms with E-state index in [4.69, 9.17) is 14.2 Å². The minimum absolute atomic E-state index is 0.0629. The lowest BCUT2D eigenvalue weighted by atomic mass is 9.99. The highest BCUT2D eigenvalue weighted by Gasteiger charge is 2.19. The fourth-order valence-corrected chi connectivity index (χ4v) is 9.85. The third kappa shape index (κ3) is 55.7. The van der Waals surface area contributed by atoms with Crippen molar-refractivity contribution in [3.8, 4) is 0 Å². The van der Waals surface area contributed by atoms with Crippen LogP contribution in [0, 0.1) is 17.8 Å². The van der Waals surface area contributed by atoms with Crippen molar-refractivity contribution in [3.05, 3.63) is 0 Å². The Morgan fingerprint density at radius 2 is 0.500 bits per heavy atom. The zero-order valence-electron chi connectivity index (χ0n) is 48.3. The summed E-state index contributed by atoms with van der Waals surface area (Å²) >= 11 is 0. The van der Waals surface area contributed by atoms with E-state index in [9.17, 15) is 14.4 Å². The second-order valence-corrected chi connectivity index (χ2v) is 23.2. The molecule has 0 radical (unpaired) electrons. The van der Waals surface area contributed by atoms with E-state index < -0.39 is 6.10 Å². The van der Waals surface area contributed by atoms with Crippen LogP contribution >= 0.6 is 0 Å². The van der Waals surface area contributed by atoms with Gasteiger partial charge in [-0.1, -0.05) is 318 Å². The van der Waals surface area contributed by atoms with Crippen molar-refractivity contribution >= 4 is 17.9 Å². The third-order valence-electron chi connectivity index (χ3n) is 15.0. The average Bonchev–Trinajstić information content (AvgIpc) is 3.33. The Balaban J connectivity index is 4.26. The standard InChI is InChI=1S/C64H124O6/c1-7-60(6)52-46-40-34-28-21-17-14-15-19-23-31-37-43-49-55-64(67)70-61(57-69-63(66)54-48-42-36-30-25-24-27-33-39-45-51-59(4)5)56-68-62(65)53-47-41-35-29-22-18-13-11-9-8-10-12-16-20-26-32-38-44-50-58(2)3/h58-61H,7-57H2,1-6H3/t60?,61-/m1/s1. The summed E-state index contributed by atoms with van der Waals surface area (Å²) in [6, 6.07) is 0. The van der Waals surface area contributed by atoms with Crippen LogP contribution in [0.25, 0.3) is 0 Å². The predicted molar refractivity (Wildman–Crippen MR) is 303 cm³/mol. The molecule has 2 atom stereocenters. The van der Waals surface area contributed by atoms with Gasteiger partial charge in [0.25, 0.3) is 0 Å². The lowest BCUT2D eigenvalue weighted by Gasteiger charge is -2.18. The van der Waals surface area contributed by atoms with Crippen molar-refractivity contribution < 1.29 is 28.6 Å². The van der Waals surface area contributed by atoms with E-state index in [1.807, 2.05) is 0 Å². The summed E-state index contributed by atoms with van der Waals surface area (Å²) in [5.41, 5.74) is 0. The Bertz CT molecular complexity index is 1090. The predicted octanol–water partition coefficient (Wildman–Crippen LogP) is 21.1. The molecule has 0 spiro atoms. The summed E-state index contributed by atoms with van der Waals surface area (Å²) in [6.45, 7) is 13.8. The van der Waals surface area contributed by atoms with E-state index in [1.54, 1.807) is 0 Å². The van der Waals surface area contributed by atoms with E-state index in [0.717, 1.165) is 75.5 Å². The van der Waals surface area contributed by atoms with Crippen molar-refractivity contribution in [2.45, 2.75) is 362 Å². The minimum atomic E-state index is -0.764. The molecule has 0 aromatic rings. The lowest BCUT2D eigenvalue weighted by Crippen LogP contribution is -2.30. The fourth-order valence-electron chi connectivity index (χ4n) is 9.85. The number of rotatable bonds is 57. The molecule has 0 amide bonds. The van der Waals surface area contributed by atoms with Gasteiger partial charge in [-0.05, 0) is 37.0 Å². The van der Waals surface area contributed by atoms with Crippen LogP contribution < -0.4 is 0 Å². The Morgan fingerprint density at radius 3 is 0.743 bits per heavy atom. The van der Waals surface area contributed by atoms with Crippen LogP contribution in [0.5, 0.6) is 0 Å². The maximum absolute atomic E-state index is 12.9. The van der Waals surface area contributed by atoms with E-state index in [1.165, 1.54) is 238 Å². The van der Waals surface area contributed by atoms with E-state index in [-0.39, 0.29) is 31.1 Å². The van der Waals surface area contributed by atoms with Gasteiger partial charge in [0.2, 0.25) is 0 Å². The van der Waals surface area contributed by atoms with Crippen LogP contribution in [-0.2, 0) is 28.6 Å². The molecule has 0 aliphatic carbocycles. The average molecular weight is 990 g/mol. The van der Waals surface area contributed by atoms with Gasteiger partial charge in [-0.2, -0.15) is 0 Å². The van der Waals surface area contributed by atoms with Crippen LogP contribution in [0.3, 0.4) is 0 Å². The quantitative estimate of drug-likeness (QED) is 0.0343. The van der Waals surface area contributed by atoms with E-state index in [2.05, 4.69) is 41.5 Å². The Hall–Kier alpha value is -1.59. The normalized spacial score (nSPS) is 12.5. The molecule has 0 N–H and O–H groups in total. The van der Waals surface area contributed by atoms with Gasteiger partial charge in [0.05, 0.1) is 0 Å². The number of hydrogen-bond donors (Lipinski definition) is 0. The minimum Gasteiger partial charge on any atom is -0.462 e. The van der Waals surface area contributed by atoms with Crippen LogP contribution in [0.15, 0.2) is 0 Å². The Morgan fingerprint density at radius 1 is 0.286 bits per heavy atom. The molecular formula is C64H124O6. The van der Waals surface area contributed by atoms with Crippen LogP contribution in [0.2, 0.25) is 0 Å². The van der Waals surface area contributed by atoms with Crippen molar-refractivity contribution in [3.63, 3.8) is 0 Å². The maximum Gasteiger partial charge on any atom is 0.306 e. The van der Waals surface area contributed by atoms with E-state index >= 15 is 0 Å². The molecular weight excluding hydrogens is 865 g/mol. The summed E-state index contributed by atoms with van der Waals surface area (Å²) in [5, 5.41) is 0. The summed E-state index contributed by atoms with van der Waals surface area (Å²) in [6.07, 6.45) is 59.6. The molecule has 0 rings (SSSR count). The van der Waals surface area contributed by atoms with Gasteiger partial charge >= 0.3 is 17.9 Å². The molecule has 6 nitrogen and oxygen atoms in total. The molecule has 0 aliphatic rings. The second kappa shape index (κ2) is 55.2. The van der Waals surface area contributed by atoms with Crippen LogP contribution in [-0.4, -0.2) is 37.2 Å². The lowest BCUT2D eigenvalue weighted by molar-refractivity contribution is -0.167. The van der Waals surface area contributed by atoms with Crippen molar-refractivity contribution in [1.82, 2.24) is 0 Å². The summed E-state index contributed by atoms with van der Waals surface area (Å²) < 4.78 is 16.9. The monoisotopic (exact) mass is 989 g/mol. The van der Waals surface area contributed by atoms with Crippen molar-refractivity contribution in [1.29, 1.82) is 0 Å². The van der Waals surface area contributed by atoms with Gasteiger partial charge in [-0.25, -0.2) is 0 Å². The summed E-state index contributed by atoms with van der Waals surface area (Å²) in [5.74, 6) is 1.73. The molecule has 0 aliphatic heterocycles. The van der Waals surface area contributed by atoms with Crippen molar-refractivity contribution in [2.24, 2.45) is 17.8 Å². The second-order valence-electron chi connectivity index (χ2n) is 23.2. The SMILES string of the molecule is CCC(C)CCCCCCCCCCCCCCCCC(=O)O[C@H](COC(=O)CCCCCCCCCCCCCCCCCCCCC(C)C)COC(=O)CCCCCCCCCCCCC(C)C. The molecule has 6 heteroatoms. The topological polar surface area (TPSA) is 78.9 Å². The zero-order chi connectivity index (χ0) is 51.2. The van der Waals surface area contributed by atoms with Crippen LogP contribution in [0.1, 0.15) is 356 Å². The van der Waals surface area contributed by atoms with Crippen LogP contribution in [0.4, 0.5) is 0 Å². The number of carbonyl (C=O) groups excluding carboxylic acids is 3. The molecule has 416 valence electrons. The highest BCUT2D eigenvalue weighted by Crippen LogP contribution is 2.19. The molecule has 0 aromatic heterocycles. The largest absolute Gasteiger partial charge is 0.462 e. The molecule has 0 saturated carbocycles. The van der Waals surface area contributed by atoms with E-state index in [0.29, 0.717) is 19.3 Å². The fraction of sp³-hybridized carbons (Fsp3) is 0.953. The number of carbonyl (C=O) groups is 3. The Kier molecular flexibility index (Phi) is 53.9. The molecule has 0 saturated heterocycles. The first-order chi connectivity index (χ1) is 34.1. The van der Waals surface area contributed by atoms with Gasteiger partial charge in [-0.3, -0.25) is 14.4 Å². The highest BCUT2D eigenvalue weighted by atomic mass is 16.6. The van der Waals surface area contributed by atoms with Gasteiger partial charge in [0, 0.05) is 19.3 Å². The number of hydrogen-bond acceptors (Lipinski definition) is 6. The maximum atomic E-state index is 12.9. The first-order valence-electron chi connectivity index (χ1n) is 31.6. The highest BCUT2D eigenvalue weighted by molar-refractivity contribution is 5.71. The number of ether oxygens (including phenoxy) is 3. The Labute approximate surface area is 438 Å². The van der Waals surface area contributed by atoms with Gasteiger partial charge in [-0.15, -0.1) is 0 Å². The van der Waals surface area contributed by atoms with Gasteiger partial charge in [0.15, 0.2) is 6.10 Å². The number of esters is 3.